The van der Waals surface area contributed by atoms with Gasteiger partial charge in [0.05, 0.1) is 16.1 Å². The third kappa shape index (κ3) is 4.71. The van der Waals surface area contributed by atoms with Crippen molar-refractivity contribution in [3.63, 3.8) is 0 Å². The smallest absolute Gasteiger partial charge is 0.271 e. The summed E-state index contributed by atoms with van der Waals surface area (Å²) in [7, 11) is -3.87. The molecular formula is C25H27N5O4S. The van der Waals surface area contributed by atoms with Crippen molar-refractivity contribution >= 4 is 26.6 Å². The number of rotatable bonds is 7. The second-order valence-corrected chi connectivity index (χ2v) is 10.6. The topological polar surface area (TPSA) is 130 Å². The molecule has 4 aromatic rings. The van der Waals surface area contributed by atoms with Crippen LogP contribution in [-0.2, 0) is 16.6 Å². The molecule has 0 aliphatic heterocycles. The summed E-state index contributed by atoms with van der Waals surface area (Å²) in [6.07, 6.45) is 7.02. The lowest BCUT2D eigenvalue weighted by molar-refractivity contribution is 0.393. The molecule has 9 nitrogen and oxygen atoms in total. The average Bonchev–Trinajstić information content (AvgIpc) is 3.46. The Morgan fingerprint density at radius 2 is 1.97 bits per heavy atom. The number of H-pyrrole nitrogens is 1. The average molecular weight is 494 g/mol. The summed E-state index contributed by atoms with van der Waals surface area (Å²) in [5.41, 5.74) is 3.23. The lowest BCUT2D eigenvalue weighted by Gasteiger charge is -2.16. The molecule has 1 saturated carbocycles. The van der Waals surface area contributed by atoms with Crippen molar-refractivity contribution in [2.24, 2.45) is 0 Å². The molecule has 35 heavy (non-hydrogen) atoms. The number of sulfonamides is 1. The number of aromatic amines is 1. The molecule has 0 unspecified atom stereocenters. The summed E-state index contributed by atoms with van der Waals surface area (Å²) in [6.45, 7) is 3.95. The Kier molecular flexibility index (Phi) is 6.16. The third-order valence-electron chi connectivity index (χ3n) is 6.42. The lowest BCUT2D eigenvalue weighted by Crippen LogP contribution is -2.33. The van der Waals surface area contributed by atoms with Crippen LogP contribution in [0.4, 0.5) is 5.69 Å². The molecule has 10 heteroatoms. The molecule has 0 amide bonds. The van der Waals surface area contributed by atoms with E-state index in [1.807, 2.05) is 12.1 Å². The number of hydrogen-bond acceptors (Lipinski definition) is 7. The SMILES string of the molecule is Cc1noc(C)c1-c1cc(S(=O)(=O)NC2CCCC2)c2cc(NCc3cccnc3)c(=O)[nH]c2c1. The normalized spacial score (nSPS) is 14.6. The number of nitrogens with one attached hydrogen (secondary N) is 3. The van der Waals surface area contributed by atoms with Crippen molar-refractivity contribution in [3.8, 4) is 11.1 Å². The Balaban J connectivity index is 1.64. The first-order valence-electron chi connectivity index (χ1n) is 11.6. The molecule has 1 aliphatic rings. The van der Waals surface area contributed by atoms with Gasteiger partial charge in [0.25, 0.3) is 5.56 Å². The number of nitrogens with zero attached hydrogens (tertiary/aromatic N) is 2. The van der Waals surface area contributed by atoms with Gasteiger partial charge in [-0.25, -0.2) is 13.1 Å². The molecule has 0 bridgehead atoms. The van der Waals surface area contributed by atoms with Crippen LogP contribution >= 0.6 is 0 Å². The summed E-state index contributed by atoms with van der Waals surface area (Å²) in [5.74, 6) is 0.575. The maximum Gasteiger partial charge on any atom is 0.271 e. The van der Waals surface area contributed by atoms with Crippen molar-refractivity contribution in [1.29, 1.82) is 0 Å². The van der Waals surface area contributed by atoms with Crippen LogP contribution in [0.2, 0.25) is 0 Å². The Hall–Kier alpha value is -3.50. The van der Waals surface area contributed by atoms with Crippen LogP contribution in [0.5, 0.6) is 0 Å². The van der Waals surface area contributed by atoms with Gasteiger partial charge < -0.3 is 14.8 Å². The van der Waals surface area contributed by atoms with Crippen LogP contribution in [0.3, 0.4) is 0 Å². The number of benzene rings is 1. The monoisotopic (exact) mass is 493 g/mol. The fourth-order valence-corrected chi connectivity index (χ4v) is 6.24. The van der Waals surface area contributed by atoms with Gasteiger partial charge in [0.1, 0.15) is 11.4 Å². The predicted molar refractivity (Wildman–Crippen MR) is 134 cm³/mol. The van der Waals surface area contributed by atoms with E-state index in [4.69, 9.17) is 4.52 Å². The Morgan fingerprint density at radius 3 is 2.66 bits per heavy atom. The van der Waals surface area contributed by atoms with E-state index in [-0.39, 0.29) is 22.2 Å². The molecule has 3 aromatic heterocycles. The molecule has 182 valence electrons. The molecule has 1 aromatic carbocycles. The zero-order valence-electron chi connectivity index (χ0n) is 19.6. The molecule has 3 heterocycles. The minimum Gasteiger partial charge on any atom is -0.376 e. The molecule has 5 rings (SSSR count). The number of aryl methyl sites for hydroxylation is 2. The minimum atomic E-state index is -3.87. The zero-order chi connectivity index (χ0) is 24.6. The van der Waals surface area contributed by atoms with Crippen molar-refractivity contribution in [1.82, 2.24) is 19.8 Å². The maximum absolute atomic E-state index is 13.6. The second kappa shape index (κ2) is 9.27. The van der Waals surface area contributed by atoms with Crippen molar-refractivity contribution in [2.75, 3.05) is 5.32 Å². The van der Waals surface area contributed by atoms with E-state index >= 15 is 0 Å². The Morgan fingerprint density at radius 1 is 1.17 bits per heavy atom. The summed E-state index contributed by atoms with van der Waals surface area (Å²) >= 11 is 0. The highest BCUT2D eigenvalue weighted by molar-refractivity contribution is 7.89. The van der Waals surface area contributed by atoms with E-state index < -0.39 is 10.0 Å². The number of hydrogen-bond donors (Lipinski definition) is 3. The molecule has 1 fully saturated rings. The molecule has 0 radical (unpaired) electrons. The highest BCUT2D eigenvalue weighted by atomic mass is 32.2. The van der Waals surface area contributed by atoms with Gasteiger partial charge in [-0.2, -0.15) is 0 Å². The van der Waals surface area contributed by atoms with Crippen LogP contribution in [0.25, 0.3) is 22.0 Å². The molecule has 0 saturated heterocycles. The van der Waals surface area contributed by atoms with Crippen LogP contribution < -0.4 is 15.6 Å². The lowest BCUT2D eigenvalue weighted by atomic mass is 10.0. The predicted octanol–water partition coefficient (Wildman–Crippen LogP) is 4.03. The van der Waals surface area contributed by atoms with Crippen LogP contribution in [0.15, 0.2) is 56.9 Å². The first-order valence-corrected chi connectivity index (χ1v) is 13.1. The zero-order valence-corrected chi connectivity index (χ0v) is 20.4. The Bertz CT molecular complexity index is 1520. The first kappa shape index (κ1) is 23.3. The van der Waals surface area contributed by atoms with Gasteiger partial charge in [-0.15, -0.1) is 0 Å². The summed E-state index contributed by atoms with van der Waals surface area (Å²) in [6, 6.07) is 8.62. The van der Waals surface area contributed by atoms with Gasteiger partial charge in [0, 0.05) is 35.9 Å². The van der Waals surface area contributed by atoms with E-state index in [9.17, 15) is 13.2 Å². The molecule has 3 N–H and O–H groups in total. The van der Waals surface area contributed by atoms with Crippen LogP contribution in [0, 0.1) is 13.8 Å². The fourth-order valence-electron chi connectivity index (χ4n) is 4.70. The highest BCUT2D eigenvalue weighted by Crippen LogP contribution is 2.34. The molecule has 0 atom stereocenters. The van der Waals surface area contributed by atoms with Crippen LogP contribution in [0.1, 0.15) is 42.7 Å². The van der Waals surface area contributed by atoms with Gasteiger partial charge in [-0.1, -0.05) is 24.1 Å². The third-order valence-corrected chi connectivity index (χ3v) is 7.98. The summed E-state index contributed by atoms with van der Waals surface area (Å²) < 4.78 is 35.4. The van der Waals surface area contributed by atoms with Gasteiger partial charge in [-0.05, 0) is 62.1 Å². The van der Waals surface area contributed by atoms with Gasteiger partial charge in [0.15, 0.2) is 0 Å². The molecule has 1 aliphatic carbocycles. The summed E-state index contributed by atoms with van der Waals surface area (Å²) in [5, 5.41) is 7.54. The quantitative estimate of drug-likeness (QED) is 0.354. The van der Waals surface area contributed by atoms with Crippen molar-refractivity contribution < 1.29 is 12.9 Å². The standard InChI is InChI=1S/C25H27N5O4S/c1-15-24(16(2)34-29-15)18-10-21-20(23(11-18)35(32,33)30-19-7-3-4-8-19)12-22(25(31)28-21)27-14-17-6-5-9-26-13-17/h5-6,9-13,19,27,30H,3-4,7-8,14H2,1-2H3,(H,28,31). The van der Waals surface area contributed by atoms with E-state index in [0.717, 1.165) is 31.2 Å². The number of aromatic nitrogens is 3. The fraction of sp³-hybridized carbons (Fsp3) is 0.320. The Labute approximate surface area is 203 Å². The van der Waals surface area contributed by atoms with Crippen molar-refractivity contribution in [2.45, 2.75) is 57.0 Å². The first-order chi connectivity index (χ1) is 16.8. The van der Waals surface area contributed by atoms with E-state index in [1.165, 1.54) is 0 Å². The van der Waals surface area contributed by atoms with Gasteiger partial charge >= 0.3 is 0 Å². The van der Waals surface area contributed by atoms with Crippen LogP contribution in [-0.4, -0.2) is 29.6 Å². The number of fused-ring (bicyclic) bond motifs is 1. The van der Waals surface area contributed by atoms with Gasteiger partial charge in [0.2, 0.25) is 10.0 Å². The second-order valence-electron chi connectivity index (χ2n) is 8.96. The van der Waals surface area contributed by atoms with Gasteiger partial charge in [-0.3, -0.25) is 9.78 Å². The maximum atomic E-state index is 13.6. The largest absolute Gasteiger partial charge is 0.376 e. The minimum absolute atomic E-state index is 0.0938. The van der Waals surface area contributed by atoms with Crippen molar-refractivity contribution in [3.05, 3.63) is 70.1 Å². The highest BCUT2D eigenvalue weighted by Gasteiger charge is 2.26. The number of anilines is 1. The van der Waals surface area contributed by atoms with E-state index in [1.54, 1.807) is 44.4 Å². The summed E-state index contributed by atoms with van der Waals surface area (Å²) in [4.78, 5) is 20.0. The molecule has 0 spiro atoms. The van der Waals surface area contributed by atoms with E-state index in [2.05, 4.69) is 25.2 Å². The number of pyridine rings is 2. The van der Waals surface area contributed by atoms with E-state index in [0.29, 0.717) is 40.0 Å². The molecular weight excluding hydrogens is 466 g/mol.